The van der Waals surface area contributed by atoms with Gasteiger partial charge in [-0.05, 0) is 42.7 Å². The Morgan fingerprint density at radius 2 is 2.08 bits per heavy atom. The molecule has 2 aromatic heterocycles. The predicted octanol–water partition coefficient (Wildman–Crippen LogP) is 4.90. The van der Waals surface area contributed by atoms with Crippen LogP contribution in [-0.4, -0.2) is 15.8 Å². The van der Waals surface area contributed by atoms with Gasteiger partial charge in [0.25, 0.3) is 0 Å². The van der Waals surface area contributed by atoms with Crippen molar-refractivity contribution in [1.29, 1.82) is 5.26 Å². The fourth-order valence-electron chi connectivity index (χ4n) is 3.19. The zero-order chi connectivity index (χ0) is 18.3. The third-order valence-electron chi connectivity index (χ3n) is 4.82. The first-order valence-corrected chi connectivity index (χ1v) is 9.31. The summed E-state index contributed by atoms with van der Waals surface area (Å²) in [4.78, 5) is 22.8. The van der Waals surface area contributed by atoms with Crippen molar-refractivity contribution in [2.24, 2.45) is 5.41 Å². The van der Waals surface area contributed by atoms with E-state index in [9.17, 15) is 4.79 Å². The number of hydrogen-bond acceptors (Lipinski definition) is 5. The Morgan fingerprint density at radius 1 is 1.23 bits per heavy atom. The van der Waals surface area contributed by atoms with Crippen LogP contribution in [-0.2, 0) is 6.42 Å². The maximum atomic E-state index is 12.6. The molecule has 0 unspecified atom stereocenters. The molecule has 5 heteroatoms. The summed E-state index contributed by atoms with van der Waals surface area (Å²) >= 11 is 1.54. The number of aryl methyl sites for hydroxylation is 1. The molecule has 0 N–H and O–H groups in total. The van der Waals surface area contributed by atoms with E-state index in [4.69, 9.17) is 10.2 Å². The number of thiazole rings is 1. The Kier molecular flexibility index (Phi) is 3.93. The van der Waals surface area contributed by atoms with Gasteiger partial charge >= 0.3 is 0 Å². The fourth-order valence-corrected chi connectivity index (χ4v) is 4.08. The summed E-state index contributed by atoms with van der Waals surface area (Å²) in [5.74, 6) is 0.172. The average Bonchev–Trinajstić information content (AvgIpc) is 3.15. The van der Waals surface area contributed by atoms with Crippen LogP contribution in [0.4, 0.5) is 0 Å². The summed E-state index contributed by atoms with van der Waals surface area (Å²) in [7, 11) is 0. The number of benzene rings is 1. The number of fused-ring (bicyclic) bond motifs is 1. The number of rotatable bonds is 2. The Hall–Kier alpha value is -2.84. The normalized spacial score (nSPS) is 15.3. The van der Waals surface area contributed by atoms with Gasteiger partial charge in [0.15, 0.2) is 5.78 Å². The SMILES string of the molecule is CC1(C)CCc2nc(-c3ncc(-c4cccc(C#N)c4)s3)ccc2C1=O. The molecule has 1 aliphatic rings. The molecule has 0 aliphatic heterocycles. The van der Waals surface area contributed by atoms with E-state index < -0.39 is 0 Å². The van der Waals surface area contributed by atoms with Gasteiger partial charge in [-0.2, -0.15) is 5.26 Å². The van der Waals surface area contributed by atoms with Crippen molar-refractivity contribution in [3.63, 3.8) is 0 Å². The quantitative estimate of drug-likeness (QED) is 0.653. The molecule has 0 saturated carbocycles. The van der Waals surface area contributed by atoms with Crippen molar-refractivity contribution in [2.75, 3.05) is 0 Å². The number of nitriles is 1. The molecule has 0 spiro atoms. The van der Waals surface area contributed by atoms with Gasteiger partial charge in [-0.15, -0.1) is 11.3 Å². The Bertz CT molecular complexity index is 1060. The molecule has 0 bridgehead atoms. The monoisotopic (exact) mass is 359 g/mol. The molecule has 0 saturated heterocycles. The van der Waals surface area contributed by atoms with Crippen LogP contribution in [0.1, 0.15) is 41.9 Å². The van der Waals surface area contributed by atoms with E-state index >= 15 is 0 Å². The minimum atomic E-state index is -0.309. The van der Waals surface area contributed by atoms with Gasteiger partial charge < -0.3 is 0 Å². The summed E-state index contributed by atoms with van der Waals surface area (Å²) in [6.07, 6.45) is 3.44. The molecule has 128 valence electrons. The van der Waals surface area contributed by atoms with Crippen LogP contribution in [0.25, 0.3) is 21.1 Å². The lowest BCUT2D eigenvalue weighted by Gasteiger charge is -2.28. The first kappa shape index (κ1) is 16.6. The molecule has 1 aromatic carbocycles. The predicted molar refractivity (Wildman–Crippen MR) is 102 cm³/mol. The highest BCUT2D eigenvalue weighted by Crippen LogP contribution is 2.36. The number of aromatic nitrogens is 2. The van der Waals surface area contributed by atoms with Gasteiger partial charge in [0.1, 0.15) is 5.01 Å². The van der Waals surface area contributed by atoms with E-state index in [1.807, 2.05) is 50.4 Å². The molecule has 0 fully saturated rings. The smallest absolute Gasteiger partial charge is 0.170 e. The molecule has 0 atom stereocenters. The highest BCUT2D eigenvalue weighted by molar-refractivity contribution is 7.18. The van der Waals surface area contributed by atoms with E-state index in [1.165, 1.54) is 0 Å². The van der Waals surface area contributed by atoms with Crippen molar-refractivity contribution in [3.8, 4) is 27.2 Å². The number of pyridine rings is 1. The maximum absolute atomic E-state index is 12.6. The summed E-state index contributed by atoms with van der Waals surface area (Å²) in [6.45, 7) is 3.99. The molecule has 3 aromatic rings. The van der Waals surface area contributed by atoms with E-state index in [-0.39, 0.29) is 11.2 Å². The summed E-state index contributed by atoms with van der Waals surface area (Å²) in [5, 5.41) is 9.88. The van der Waals surface area contributed by atoms with Gasteiger partial charge in [-0.1, -0.05) is 26.0 Å². The first-order chi connectivity index (χ1) is 12.5. The summed E-state index contributed by atoms with van der Waals surface area (Å²) in [5.41, 5.74) is 3.70. The van der Waals surface area contributed by atoms with Gasteiger partial charge in [0.05, 0.1) is 27.9 Å². The standard InChI is InChI=1S/C21H17N3OS/c1-21(2)9-8-16-15(19(21)25)6-7-17(24-16)20-23-12-18(26-20)14-5-3-4-13(10-14)11-22/h3-7,10,12H,8-9H2,1-2H3. The van der Waals surface area contributed by atoms with Gasteiger partial charge in [0.2, 0.25) is 0 Å². The second-order valence-corrected chi connectivity index (χ2v) is 8.16. The second-order valence-electron chi connectivity index (χ2n) is 7.13. The summed E-state index contributed by atoms with van der Waals surface area (Å²) in [6, 6.07) is 13.4. The lowest BCUT2D eigenvalue weighted by molar-refractivity contribution is 0.0809. The van der Waals surface area contributed by atoms with Gasteiger partial charge in [-0.25, -0.2) is 9.97 Å². The molecule has 1 aliphatic carbocycles. The van der Waals surface area contributed by atoms with Gasteiger partial charge in [-0.3, -0.25) is 4.79 Å². The maximum Gasteiger partial charge on any atom is 0.170 e. The molecule has 4 rings (SSSR count). The van der Waals surface area contributed by atoms with E-state index in [0.29, 0.717) is 5.56 Å². The molecular weight excluding hydrogens is 342 g/mol. The third-order valence-corrected chi connectivity index (χ3v) is 5.89. The Labute approximate surface area is 156 Å². The summed E-state index contributed by atoms with van der Waals surface area (Å²) < 4.78 is 0. The molecule has 0 radical (unpaired) electrons. The number of ketones is 1. The van der Waals surface area contributed by atoms with Crippen molar-refractivity contribution in [2.45, 2.75) is 26.7 Å². The van der Waals surface area contributed by atoms with E-state index in [2.05, 4.69) is 11.1 Å². The minimum absolute atomic E-state index is 0.172. The van der Waals surface area contributed by atoms with Gasteiger partial charge in [0, 0.05) is 17.2 Å². The van der Waals surface area contributed by atoms with Crippen molar-refractivity contribution < 1.29 is 4.79 Å². The first-order valence-electron chi connectivity index (χ1n) is 8.49. The third kappa shape index (κ3) is 2.83. The van der Waals surface area contributed by atoms with Crippen LogP contribution >= 0.6 is 11.3 Å². The number of Topliss-reactive ketones (excluding diaryl/α,β-unsaturated/α-hetero) is 1. The molecule has 26 heavy (non-hydrogen) atoms. The zero-order valence-corrected chi connectivity index (χ0v) is 15.4. The fraction of sp³-hybridized carbons (Fsp3) is 0.238. The molecule has 0 amide bonds. The van der Waals surface area contributed by atoms with E-state index in [1.54, 1.807) is 17.4 Å². The molecule has 2 heterocycles. The van der Waals surface area contributed by atoms with Crippen molar-refractivity contribution >= 4 is 17.1 Å². The van der Waals surface area contributed by atoms with E-state index in [0.717, 1.165) is 45.2 Å². The van der Waals surface area contributed by atoms with Crippen LogP contribution in [0.3, 0.4) is 0 Å². The highest BCUT2D eigenvalue weighted by atomic mass is 32.1. The van der Waals surface area contributed by atoms with Crippen LogP contribution in [0.2, 0.25) is 0 Å². The Morgan fingerprint density at radius 3 is 2.88 bits per heavy atom. The average molecular weight is 359 g/mol. The zero-order valence-electron chi connectivity index (χ0n) is 14.6. The lowest BCUT2D eigenvalue weighted by atomic mass is 9.75. The number of hydrogen-bond donors (Lipinski definition) is 0. The second kappa shape index (κ2) is 6.15. The number of nitrogens with zero attached hydrogens (tertiary/aromatic N) is 3. The van der Waals surface area contributed by atoms with Crippen molar-refractivity contribution in [3.05, 3.63) is 59.4 Å². The lowest BCUT2D eigenvalue weighted by Crippen LogP contribution is -2.31. The minimum Gasteiger partial charge on any atom is -0.294 e. The highest BCUT2D eigenvalue weighted by Gasteiger charge is 2.34. The largest absolute Gasteiger partial charge is 0.294 e. The molecular formula is C21H17N3OS. The number of carbonyl (C=O) groups excluding carboxylic acids is 1. The van der Waals surface area contributed by atoms with Crippen LogP contribution in [0.5, 0.6) is 0 Å². The van der Waals surface area contributed by atoms with Crippen LogP contribution < -0.4 is 0 Å². The van der Waals surface area contributed by atoms with Crippen molar-refractivity contribution in [1.82, 2.24) is 9.97 Å². The van der Waals surface area contributed by atoms with Crippen LogP contribution in [0.15, 0.2) is 42.6 Å². The van der Waals surface area contributed by atoms with Crippen LogP contribution in [0, 0.1) is 16.7 Å². The molecule has 4 nitrogen and oxygen atoms in total. The number of carbonyl (C=O) groups is 1. The topological polar surface area (TPSA) is 66.6 Å². The Balaban J connectivity index is 1.69.